The number of aliphatic hydroxyl groups excluding tert-OH is 1. The van der Waals surface area contributed by atoms with Gasteiger partial charge in [-0.1, -0.05) is 29.6 Å². The van der Waals surface area contributed by atoms with Crippen molar-refractivity contribution in [3.8, 4) is 0 Å². The van der Waals surface area contributed by atoms with Gasteiger partial charge in [0.05, 0.1) is 6.10 Å². The molecule has 0 amide bonds. The molecule has 1 fully saturated rings. The van der Waals surface area contributed by atoms with Crippen molar-refractivity contribution in [1.29, 1.82) is 0 Å². The molecule has 2 rings (SSSR count). The van der Waals surface area contributed by atoms with Crippen molar-refractivity contribution in [3.05, 3.63) is 33.8 Å². The summed E-state index contributed by atoms with van der Waals surface area (Å²) >= 11 is 11.8. The summed E-state index contributed by atoms with van der Waals surface area (Å²) in [4.78, 5) is 0. The molecule has 0 heterocycles. The van der Waals surface area contributed by atoms with E-state index in [9.17, 15) is 5.11 Å². The van der Waals surface area contributed by atoms with Crippen LogP contribution in [0.2, 0.25) is 10.0 Å². The maximum Gasteiger partial charge on any atom is 0.0915 e. The first kappa shape index (κ1) is 12.2. The van der Waals surface area contributed by atoms with Gasteiger partial charge in [0.15, 0.2) is 0 Å². The molecule has 0 bridgehead atoms. The molecule has 1 aromatic rings. The van der Waals surface area contributed by atoms with Gasteiger partial charge in [-0.05, 0) is 36.6 Å². The predicted molar refractivity (Wildman–Crippen MR) is 67.1 cm³/mol. The Hall–Kier alpha value is -0.280. The van der Waals surface area contributed by atoms with Gasteiger partial charge < -0.3 is 10.4 Å². The zero-order valence-corrected chi connectivity index (χ0v) is 10.4. The third-order valence-electron chi connectivity index (χ3n) is 2.97. The lowest BCUT2D eigenvalue weighted by Crippen LogP contribution is -2.37. The van der Waals surface area contributed by atoms with Crippen LogP contribution in [0.25, 0.3) is 0 Å². The number of benzene rings is 1. The van der Waals surface area contributed by atoms with Crippen LogP contribution >= 0.6 is 23.2 Å². The number of aliphatic hydroxyl groups is 1. The molecule has 1 unspecified atom stereocenters. The van der Waals surface area contributed by atoms with Crippen LogP contribution in [0.3, 0.4) is 0 Å². The van der Waals surface area contributed by atoms with Gasteiger partial charge in [0.1, 0.15) is 0 Å². The van der Waals surface area contributed by atoms with Crippen molar-refractivity contribution in [1.82, 2.24) is 5.32 Å². The topological polar surface area (TPSA) is 32.3 Å². The van der Waals surface area contributed by atoms with Crippen molar-refractivity contribution < 1.29 is 5.11 Å². The third kappa shape index (κ3) is 3.11. The molecular weight excluding hydrogens is 245 g/mol. The molecule has 88 valence electrons. The monoisotopic (exact) mass is 259 g/mol. The fraction of sp³-hybridized carbons (Fsp3) is 0.500. The van der Waals surface area contributed by atoms with Gasteiger partial charge >= 0.3 is 0 Å². The van der Waals surface area contributed by atoms with Crippen molar-refractivity contribution >= 4 is 23.2 Å². The lowest BCUT2D eigenvalue weighted by molar-refractivity contribution is 0.161. The maximum absolute atomic E-state index is 9.96. The molecule has 0 radical (unpaired) electrons. The highest BCUT2D eigenvalue weighted by Gasteiger charge is 2.18. The normalized spacial score (nSPS) is 18.2. The number of hydrogen-bond donors (Lipinski definition) is 2. The SMILES string of the molecule is OC(CNC1CCC1)c1cc(Cl)cc(Cl)c1. The summed E-state index contributed by atoms with van der Waals surface area (Å²) in [5.74, 6) is 0. The zero-order valence-electron chi connectivity index (χ0n) is 8.92. The molecule has 0 spiro atoms. The minimum atomic E-state index is -0.545. The third-order valence-corrected chi connectivity index (χ3v) is 3.41. The molecule has 4 heteroatoms. The van der Waals surface area contributed by atoms with Gasteiger partial charge in [-0.2, -0.15) is 0 Å². The van der Waals surface area contributed by atoms with Crippen LogP contribution in [0.4, 0.5) is 0 Å². The summed E-state index contributed by atoms with van der Waals surface area (Å²) in [5.41, 5.74) is 0.768. The Morgan fingerprint density at radius 2 is 1.88 bits per heavy atom. The van der Waals surface area contributed by atoms with Crippen molar-refractivity contribution in [2.45, 2.75) is 31.4 Å². The van der Waals surface area contributed by atoms with Gasteiger partial charge in [0.2, 0.25) is 0 Å². The van der Waals surface area contributed by atoms with E-state index in [2.05, 4.69) is 5.32 Å². The van der Waals surface area contributed by atoms with E-state index in [1.54, 1.807) is 18.2 Å². The van der Waals surface area contributed by atoms with Crippen LogP contribution in [0.1, 0.15) is 30.9 Å². The molecule has 0 saturated heterocycles. The lowest BCUT2D eigenvalue weighted by Gasteiger charge is -2.27. The van der Waals surface area contributed by atoms with Gasteiger partial charge in [-0.3, -0.25) is 0 Å². The van der Waals surface area contributed by atoms with Crippen LogP contribution in [0.15, 0.2) is 18.2 Å². The van der Waals surface area contributed by atoms with Crippen LogP contribution in [-0.2, 0) is 0 Å². The quantitative estimate of drug-likeness (QED) is 0.871. The van der Waals surface area contributed by atoms with Crippen molar-refractivity contribution in [3.63, 3.8) is 0 Å². The first-order valence-electron chi connectivity index (χ1n) is 5.52. The molecule has 16 heavy (non-hydrogen) atoms. The van der Waals surface area contributed by atoms with Crippen molar-refractivity contribution in [2.75, 3.05) is 6.54 Å². The van der Waals surface area contributed by atoms with Crippen LogP contribution in [0, 0.1) is 0 Å². The maximum atomic E-state index is 9.96. The first-order chi connectivity index (χ1) is 7.65. The number of rotatable bonds is 4. The fourth-order valence-electron chi connectivity index (χ4n) is 1.78. The summed E-state index contributed by atoms with van der Waals surface area (Å²) in [5, 5.41) is 14.4. The standard InChI is InChI=1S/C12H15Cl2NO/c13-9-4-8(5-10(14)6-9)12(16)7-15-11-2-1-3-11/h4-6,11-12,15-16H,1-3,7H2. The van der Waals surface area contributed by atoms with E-state index in [4.69, 9.17) is 23.2 Å². The Labute approximate surface area is 106 Å². The molecule has 1 aliphatic carbocycles. The average molecular weight is 260 g/mol. The van der Waals surface area contributed by atoms with E-state index < -0.39 is 6.10 Å². The van der Waals surface area contributed by atoms with E-state index in [1.165, 1.54) is 19.3 Å². The minimum Gasteiger partial charge on any atom is -0.387 e. The van der Waals surface area contributed by atoms with Crippen LogP contribution in [-0.4, -0.2) is 17.7 Å². The summed E-state index contributed by atoms with van der Waals surface area (Å²) in [6.45, 7) is 0.557. The molecular formula is C12H15Cl2NO. The second-order valence-corrected chi connectivity index (χ2v) is 5.13. The number of halogens is 2. The van der Waals surface area contributed by atoms with E-state index in [-0.39, 0.29) is 0 Å². The van der Waals surface area contributed by atoms with Crippen LogP contribution < -0.4 is 5.32 Å². The largest absolute Gasteiger partial charge is 0.387 e. The van der Waals surface area contributed by atoms with Gasteiger partial charge in [-0.15, -0.1) is 0 Å². The lowest BCUT2D eigenvalue weighted by atomic mass is 9.93. The average Bonchev–Trinajstić information content (AvgIpc) is 2.13. The molecule has 2 nitrogen and oxygen atoms in total. The smallest absolute Gasteiger partial charge is 0.0915 e. The first-order valence-corrected chi connectivity index (χ1v) is 6.28. The summed E-state index contributed by atoms with van der Waals surface area (Å²) in [6.07, 6.45) is 3.17. The fourth-order valence-corrected chi connectivity index (χ4v) is 2.32. The van der Waals surface area contributed by atoms with Crippen molar-refractivity contribution in [2.24, 2.45) is 0 Å². The molecule has 2 N–H and O–H groups in total. The molecule has 1 atom stereocenters. The van der Waals surface area contributed by atoms with E-state index in [0.717, 1.165) is 5.56 Å². The summed E-state index contributed by atoms with van der Waals surface area (Å²) in [7, 11) is 0. The molecule has 1 aliphatic rings. The highest BCUT2D eigenvalue weighted by Crippen LogP contribution is 2.24. The highest BCUT2D eigenvalue weighted by atomic mass is 35.5. The molecule has 1 saturated carbocycles. The zero-order chi connectivity index (χ0) is 11.5. The number of nitrogens with one attached hydrogen (secondary N) is 1. The van der Waals surface area contributed by atoms with E-state index in [1.807, 2.05) is 0 Å². The van der Waals surface area contributed by atoms with Gasteiger partial charge in [0, 0.05) is 22.6 Å². The summed E-state index contributed by atoms with van der Waals surface area (Å²) < 4.78 is 0. The van der Waals surface area contributed by atoms with Crippen LogP contribution in [0.5, 0.6) is 0 Å². The minimum absolute atomic E-state index is 0.545. The Bertz CT molecular complexity index is 346. The second kappa shape index (κ2) is 5.37. The Kier molecular flexibility index (Phi) is 4.09. The Balaban J connectivity index is 1.93. The van der Waals surface area contributed by atoms with Gasteiger partial charge in [0.25, 0.3) is 0 Å². The molecule has 1 aromatic carbocycles. The Morgan fingerprint density at radius 1 is 1.25 bits per heavy atom. The van der Waals surface area contributed by atoms with Gasteiger partial charge in [-0.25, -0.2) is 0 Å². The number of hydrogen-bond acceptors (Lipinski definition) is 2. The second-order valence-electron chi connectivity index (χ2n) is 4.25. The molecule has 0 aliphatic heterocycles. The van der Waals surface area contributed by atoms with E-state index in [0.29, 0.717) is 22.6 Å². The van der Waals surface area contributed by atoms with E-state index >= 15 is 0 Å². The highest BCUT2D eigenvalue weighted by molar-refractivity contribution is 6.34. The summed E-state index contributed by atoms with van der Waals surface area (Å²) in [6, 6.07) is 5.74. The predicted octanol–water partition coefficient (Wildman–Crippen LogP) is 3.17. The Morgan fingerprint density at radius 3 is 2.38 bits per heavy atom. The molecule has 0 aromatic heterocycles.